The summed E-state index contributed by atoms with van der Waals surface area (Å²) in [5.41, 5.74) is 0. The minimum absolute atomic E-state index is 0.0980. The lowest BCUT2D eigenvalue weighted by molar-refractivity contribution is -0.143. The number of esters is 1. The van der Waals surface area contributed by atoms with Crippen LogP contribution >= 0.6 is 0 Å². The summed E-state index contributed by atoms with van der Waals surface area (Å²) in [6, 6.07) is 0. The Kier molecular flexibility index (Phi) is 7.47. The van der Waals surface area contributed by atoms with Crippen molar-refractivity contribution >= 4 is 22.0 Å². The summed E-state index contributed by atoms with van der Waals surface area (Å²) in [6.07, 6.45) is 0.0215. The number of rotatable bonds is 9. The third kappa shape index (κ3) is 9.76. The number of carboxylic acids is 1. The van der Waals surface area contributed by atoms with E-state index < -0.39 is 28.2 Å². The average molecular weight is 267 g/mol. The molecule has 0 aliphatic rings. The zero-order valence-corrected chi connectivity index (χ0v) is 10.5. The minimum atomic E-state index is -3.57. The highest BCUT2D eigenvalue weighted by molar-refractivity contribution is 7.89. The van der Waals surface area contributed by atoms with Gasteiger partial charge in [-0.15, -0.1) is 0 Å². The molecule has 0 aromatic rings. The molecule has 17 heavy (non-hydrogen) atoms. The molecule has 100 valence electrons. The van der Waals surface area contributed by atoms with Crippen LogP contribution in [0.2, 0.25) is 0 Å². The number of nitrogens with one attached hydrogen (secondary N) is 1. The fourth-order valence-electron chi connectivity index (χ4n) is 0.987. The van der Waals surface area contributed by atoms with Gasteiger partial charge in [0.2, 0.25) is 10.0 Å². The fraction of sp³-hybridized carbons (Fsp3) is 0.778. The molecule has 0 atom stereocenters. The van der Waals surface area contributed by atoms with Crippen LogP contribution in [-0.4, -0.2) is 44.4 Å². The summed E-state index contributed by atoms with van der Waals surface area (Å²) >= 11 is 0. The molecule has 2 N–H and O–H groups in total. The molecule has 0 heterocycles. The minimum Gasteiger partial charge on any atom is -0.481 e. The topological polar surface area (TPSA) is 110 Å². The van der Waals surface area contributed by atoms with Crippen LogP contribution in [0.4, 0.5) is 0 Å². The van der Waals surface area contributed by atoms with Crippen LogP contribution in [0.15, 0.2) is 0 Å². The number of aliphatic carboxylic acids is 1. The van der Waals surface area contributed by atoms with Crippen LogP contribution in [0.5, 0.6) is 0 Å². The third-order valence-electron chi connectivity index (χ3n) is 1.77. The maximum atomic E-state index is 11.2. The molecule has 0 aliphatic heterocycles. The van der Waals surface area contributed by atoms with E-state index in [0.29, 0.717) is 13.0 Å². The largest absolute Gasteiger partial charge is 0.481 e. The van der Waals surface area contributed by atoms with Gasteiger partial charge in [-0.05, 0) is 13.3 Å². The van der Waals surface area contributed by atoms with Gasteiger partial charge in [-0.1, -0.05) is 0 Å². The van der Waals surface area contributed by atoms with E-state index >= 15 is 0 Å². The lowest BCUT2D eigenvalue weighted by Gasteiger charge is -2.05. The summed E-state index contributed by atoms with van der Waals surface area (Å²) < 4.78 is 29.3. The second kappa shape index (κ2) is 8.02. The van der Waals surface area contributed by atoms with Gasteiger partial charge < -0.3 is 9.84 Å². The summed E-state index contributed by atoms with van der Waals surface area (Å²) in [5.74, 6) is -2.00. The summed E-state index contributed by atoms with van der Waals surface area (Å²) in [5, 5.41) is 8.33. The number of carboxylic acid groups (broad SMARTS) is 1. The molecule has 0 spiro atoms. The molecular formula is C9H17NO6S. The van der Waals surface area contributed by atoms with Crippen molar-refractivity contribution in [3.63, 3.8) is 0 Å². The van der Waals surface area contributed by atoms with Crippen molar-refractivity contribution in [3.8, 4) is 0 Å². The van der Waals surface area contributed by atoms with Crippen LogP contribution in [-0.2, 0) is 24.3 Å². The first-order valence-corrected chi connectivity index (χ1v) is 6.87. The maximum absolute atomic E-state index is 11.2. The summed E-state index contributed by atoms with van der Waals surface area (Å²) in [4.78, 5) is 21.1. The molecule has 0 aromatic carbocycles. The van der Waals surface area contributed by atoms with E-state index in [-0.39, 0.29) is 18.9 Å². The zero-order valence-electron chi connectivity index (χ0n) is 9.64. The SMILES string of the molecule is CCOC(=O)CCCNS(=O)(=O)CCC(=O)O. The molecule has 0 bridgehead atoms. The second-order valence-corrected chi connectivity index (χ2v) is 5.19. The van der Waals surface area contributed by atoms with Gasteiger partial charge in [-0.2, -0.15) is 0 Å². The van der Waals surface area contributed by atoms with Crippen LogP contribution < -0.4 is 4.72 Å². The van der Waals surface area contributed by atoms with Gasteiger partial charge in [-0.25, -0.2) is 13.1 Å². The molecule has 8 heteroatoms. The molecule has 0 aliphatic carbocycles. The lowest BCUT2D eigenvalue weighted by Crippen LogP contribution is -2.28. The highest BCUT2D eigenvalue weighted by Crippen LogP contribution is 1.94. The predicted octanol–water partition coefficient (Wildman–Crippen LogP) is -0.276. The first-order chi connectivity index (χ1) is 7.87. The molecule has 7 nitrogen and oxygen atoms in total. The quantitative estimate of drug-likeness (QED) is 0.439. The van der Waals surface area contributed by atoms with Crippen molar-refractivity contribution < 1.29 is 27.9 Å². The van der Waals surface area contributed by atoms with E-state index in [0.717, 1.165) is 0 Å². The lowest BCUT2D eigenvalue weighted by atomic mass is 10.3. The first-order valence-electron chi connectivity index (χ1n) is 5.22. The van der Waals surface area contributed by atoms with Gasteiger partial charge in [0, 0.05) is 13.0 Å². The zero-order chi connectivity index (χ0) is 13.3. The van der Waals surface area contributed by atoms with Crippen molar-refractivity contribution in [1.29, 1.82) is 0 Å². The number of hydrogen-bond donors (Lipinski definition) is 2. The third-order valence-corrected chi connectivity index (χ3v) is 3.16. The highest BCUT2D eigenvalue weighted by atomic mass is 32.2. The molecule has 0 saturated carbocycles. The first kappa shape index (κ1) is 15.9. The fourth-order valence-corrected chi connectivity index (χ4v) is 2.03. The van der Waals surface area contributed by atoms with E-state index in [2.05, 4.69) is 9.46 Å². The van der Waals surface area contributed by atoms with Gasteiger partial charge >= 0.3 is 11.9 Å². The normalized spacial score (nSPS) is 11.1. The van der Waals surface area contributed by atoms with Crippen molar-refractivity contribution in [1.82, 2.24) is 4.72 Å². The van der Waals surface area contributed by atoms with Gasteiger partial charge in [0.15, 0.2) is 0 Å². The van der Waals surface area contributed by atoms with Gasteiger partial charge in [-0.3, -0.25) is 9.59 Å². The number of sulfonamides is 1. The van der Waals surface area contributed by atoms with Gasteiger partial charge in [0.05, 0.1) is 18.8 Å². The Labute approximate surface area is 100 Å². The van der Waals surface area contributed by atoms with Crippen LogP contribution in [0.3, 0.4) is 0 Å². The van der Waals surface area contributed by atoms with E-state index in [1.807, 2.05) is 0 Å². The Morgan fingerprint density at radius 1 is 1.29 bits per heavy atom. The Hall–Kier alpha value is -1.15. The Balaban J connectivity index is 3.73. The Bertz CT molecular complexity index is 350. The molecule has 0 saturated heterocycles. The molecular weight excluding hydrogens is 250 g/mol. The van der Waals surface area contributed by atoms with Crippen molar-refractivity contribution in [2.45, 2.75) is 26.2 Å². The number of hydrogen-bond acceptors (Lipinski definition) is 5. The predicted molar refractivity (Wildman–Crippen MR) is 59.9 cm³/mol. The van der Waals surface area contributed by atoms with Crippen LogP contribution in [0.25, 0.3) is 0 Å². The van der Waals surface area contributed by atoms with Crippen LogP contribution in [0, 0.1) is 0 Å². The average Bonchev–Trinajstić information content (AvgIpc) is 2.22. The number of ether oxygens (including phenoxy) is 1. The van der Waals surface area contributed by atoms with Crippen molar-refractivity contribution in [3.05, 3.63) is 0 Å². The molecule has 0 amide bonds. The van der Waals surface area contributed by atoms with Gasteiger partial charge in [0.25, 0.3) is 0 Å². The van der Waals surface area contributed by atoms with E-state index in [4.69, 9.17) is 5.11 Å². The number of carbonyl (C=O) groups excluding carboxylic acids is 1. The maximum Gasteiger partial charge on any atom is 0.305 e. The second-order valence-electron chi connectivity index (χ2n) is 3.27. The molecule has 0 aromatic heterocycles. The van der Waals surface area contributed by atoms with E-state index in [1.54, 1.807) is 6.92 Å². The van der Waals surface area contributed by atoms with Crippen molar-refractivity contribution in [2.75, 3.05) is 18.9 Å². The summed E-state index contributed by atoms with van der Waals surface area (Å²) in [6.45, 7) is 2.08. The highest BCUT2D eigenvalue weighted by Gasteiger charge is 2.12. The smallest absolute Gasteiger partial charge is 0.305 e. The van der Waals surface area contributed by atoms with E-state index in [9.17, 15) is 18.0 Å². The molecule has 0 rings (SSSR count). The van der Waals surface area contributed by atoms with Crippen LogP contribution in [0.1, 0.15) is 26.2 Å². The molecule has 0 radical (unpaired) electrons. The number of carbonyl (C=O) groups is 2. The van der Waals surface area contributed by atoms with Gasteiger partial charge in [0.1, 0.15) is 0 Å². The summed E-state index contributed by atoms with van der Waals surface area (Å²) in [7, 11) is -3.57. The molecule has 0 fully saturated rings. The molecule has 0 unspecified atom stereocenters. The van der Waals surface area contributed by atoms with Crippen molar-refractivity contribution in [2.24, 2.45) is 0 Å². The monoisotopic (exact) mass is 267 g/mol. The Morgan fingerprint density at radius 2 is 1.94 bits per heavy atom. The Morgan fingerprint density at radius 3 is 2.47 bits per heavy atom. The van der Waals surface area contributed by atoms with E-state index in [1.165, 1.54) is 0 Å². The standard InChI is InChI=1S/C9H17NO6S/c1-2-16-9(13)4-3-6-10-17(14,15)7-5-8(11)12/h10H,2-7H2,1H3,(H,11,12).